The Morgan fingerprint density at radius 1 is 0.870 bits per heavy atom. The SMILES string of the molecule is CSc1ccc(Cl)c(C(=O)NNC(=O)c2cc(Cl)ccc2Cl)c1. The molecule has 0 bridgehead atoms. The summed E-state index contributed by atoms with van der Waals surface area (Å²) in [7, 11) is 0. The number of benzene rings is 2. The quantitative estimate of drug-likeness (QED) is 0.602. The second-order valence-electron chi connectivity index (χ2n) is 4.38. The average Bonchev–Trinajstić information content (AvgIpc) is 2.55. The lowest BCUT2D eigenvalue weighted by atomic mass is 10.2. The van der Waals surface area contributed by atoms with Crippen molar-refractivity contribution in [1.82, 2.24) is 10.9 Å². The first-order valence-electron chi connectivity index (χ1n) is 6.31. The van der Waals surface area contributed by atoms with Gasteiger partial charge in [-0.25, -0.2) is 0 Å². The molecule has 0 spiro atoms. The number of hydrazine groups is 1. The molecule has 0 atom stereocenters. The predicted octanol–water partition coefficient (Wildman–Crippen LogP) is 4.44. The Hall–Kier alpha value is -1.40. The van der Waals surface area contributed by atoms with Crippen molar-refractivity contribution in [3.63, 3.8) is 0 Å². The number of rotatable bonds is 3. The lowest BCUT2D eigenvalue weighted by molar-refractivity contribution is 0.0846. The van der Waals surface area contributed by atoms with Crippen molar-refractivity contribution in [3.05, 3.63) is 62.6 Å². The van der Waals surface area contributed by atoms with Gasteiger partial charge in [-0.3, -0.25) is 20.4 Å². The van der Waals surface area contributed by atoms with Gasteiger partial charge in [0.2, 0.25) is 0 Å². The summed E-state index contributed by atoms with van der Waals surface area (Å²) in [4.78, 5) is 25.1. The fourth-order valence-corrected chi connectivity index (χ4v) is 2.74. The molecule has 8 heteroatoms. The molecular formula is C15H11Cl3N2O2S. The van der Waals surface area contributed by atoms with Crippen molar-refractivity contribution >= 4 is 58.4 Å². The standard InChI is InChI=1S/C15H11Cl3N2O2S/c1-23-9-3-5-13(18)11(7-9)15(22)20-19-14(21)10-6-8(16)2-4-12(10)17/h2-7H,1H3,(H,19,21)(H,20,22). The van der Waals surface area contributed by atoms with E-state index in [0.717, 1.165) is 4.90 Å². The molecule has 0 aliphatic rings. The van der Waals surface area contributed by atoms with Crippen LogP contribution in [0.15, 0.2) is 41.3 Å². The first-order chi connectivity index (χ1) is 10.9. The van der Waals surface area contributed by atoms with Crippen LogP contribution in [0, 0.1) is 0 Å². The first kappa shape index (κ1) is 17.9. The van der Waals surface area contributed by atoms with Gasteiger partial charge in [-0.15, -0.1) is 11.8 Å². The zero-order chi connectivity index (χ0) is 17.0. The van der Waals surface area contributed by atoms with Gasteiger partial charge in [-0.05, 0) is 42.7 Å². The highest BCUT2D eigenvalue weighted by Gasteiger charge is 2.15. The Kier molecular flexibility index (Phi) is 6.18. The maximum absolute atomic E-state index is 12.1. The van der Waals surface area contributed by atoms with Gasteiger partial charge in [0.15, 0.2) is 0 Å². The number of carbonyl (C=O) groups is 2. The molecule has 0 aliphatic carbocycles. The van der Waals surface area contributed by atoms with Gasteiger partial charge in [0.25, 0.3) is 11.8 Å². The number of thioether (sulfide) groups is 1. The lowest BCUT2D eigenvalue weighted by Crippen LogP contribution is -2.41. The van der Waals surface area contributed by atoms with E-state index in [1.165, 1.54) is 23.9 Å². The third kappa shape index (κ3) is 4.54. The van der Waals surface area contributed by atoms with E-state index in [1.807, 2.05) is 6.26 Å². The number of amides is 2. The van der Waals surface area contributed by atoms with Gasteiger partial charge in [0.05, 0.1) is 21.2 Å². The second-order valence-corrected chi connectivity index (χ2v) is 6.51. The molecule has 120 valence electrons. The molecule has 2 amide bonds. The smallest absolute Gasteiger partial charge is 0.267 e. The molecule has 23 heavy (non-hydrogen) atoms. The molecule has 0 saturated heterocycles. The molecule has 0 heterocycles. The van der Waals surface area contributed by atoms with Crippen LogP contribution in [0.1, 0.15) is 20.7 Å². The molecule has 2 aromatic carbocycles. The van der Waals surface area contributed by atoms with E-state index in [4.69, 9.17) is 34.8 Å². The van der Waals surface area contributed by atoms with Gasteiger partial charge in [-0.1, -0.05) is 34.8 Å². The number of hydrogen-bond acceptors (Lipinski definition) is 3. The van der Waals surface area contributed by atoms with E-state index in [-0.39, 0.29) is 21.2 Å². The van der Waals surface area contributed by atoms with Crippen molar-refractivity contribution in [2.24, 2.45) is 0 Å². The Morgan fingerprint density at radius 3 is 1.96 bits per heavy atom. The van der Waals surface area contributed by atoms with Crippen LogP contribution in [0.4, 0.5) is 0 Å². The summed E-state index contributed by atoms with van der Waals surface area (Å²) in [6.07, 6.45) is 1.88. The normalized spacial score (nSPS) is 10.3. The Balaban J connectivity index is 2.10. The van der Waals surface area contributed by atoms with E-state index >= 15 is 0 Å². The molecule has 0 saturated carbocycles. The zero-order valence-electron chi connectivity index (χ0n) is 11.8. The molecule has 2 N–H and O–H groups in total. The van der Waals surface area contributed by atoms with Gasteiger partial charge >= 0.3 is 0 Å². The summed E-state index contributed by atoms with van der Waals surface area (Å²) in [5.74, 6) is -1.11. The fraction of sp³-hybridized carbons (Fsp3) is 0.0667. The maximum atomic E-state index is 12.1. The molecule has 0 radical (unpaired) electrons. The van der Waals surface area contributed by atoms with Crippen LogP contribution in [-0.4, -0.2) is 18.1 Å². The Morgan fingerprint density at radius 2 is 1.39 bits per heavy atom. The molecule has 0 unspecified atom stereocenters. The van der Waals surface area contributed by atoms with Crippen LogP contribution in [-0.2, 0) is 0 Å². The molecule has 0 aliphatic heterocycles. The van der Waals surface area contributed by atoms with Crippen LogP contribution in [0.5, 0.6) is 0 Å². The van der Waals surface area contributed by atoms with Crippen LogP contribution < -0.4 is 10.9 Å². The largest absolute Gasteiger partial charge is 0.271 e. The Labute approximate surface area is 152 Å². The highest BCUT2D eigenvalue weighted by Crippen LogP contribution is 2.23. The fourth-order valence-electron chi connectivity index (χ4n) is 1.73. The predicted molar refractivity (Wildman–Crippen MR) is 94.6 cm³/mol. The monoisotopic (exact) mass is 388 g/mol. The van der Waals surface area contributed by atoms with E-state index in [2.05, 4.69) is 10.9 Å². The molecule has 0 fully saturated rings. The highest BCUT2D eigenvalue weighted by molar-refractivity contribution is 7.98. The molecule has 4 nitrogen and oxygen atoms in total. The summed E-state index contributed by atoms with van der Waals surface area (Å²) in [5, 5.41) is 0.875. The Bertz CT molecular complexity index is 768. The maximum Gasteiger partial charge on any atom is 0.271 e. The number of hydrogen-bond donors (Lipinski definition) is 2. The number of carbonyl (C=O) groups excluding carboxylic acids is 2. The summed E-state index contributed by atoms with van der Waals surface area (Å²) in [5.41, 5.74) is 5.00. The average molecular weight is 390 g/mol. The van der Waals surface area contributed by atoms with Crippen molar-refractivity contribution in [2.45, 2.75) is 4.90 Å². The van der Waals surface area contributed by atoms with Gasteiger partial charge in [0, 0.05) is 9.92 Å². The van der Waals surface area contributed by atoms with Gasteiger partial charge < -0.3 is 0 Å². The van der Waals surface area contributed by atoms with Crippen LogP contribution in [0.25, 0.3) is 0 Å². The molecule has 0 aromatic heterocycles. The van der Waals surface area contributed by atoms with Crippen LogP contribution in [0.2, 0.25) is 15.1 Å². The van der Waals surface area contributed by atoms with Crippen LogP contribution in [0.3, 0.4) is 0 Å². The minimum atomic E-state index is -0.581. The van der Waals surface area contributed by atoms with E-state index < -0.39 is 11.8 Å². The van der Waals surface area contributed by atoms with Crippen molar-refractivity contribution in [2.75, 3.05) is 6.26 Å². The number of halogens is 3. The molecular weight excluding hydrogens is 379 g/mol. The zero-order valence-corrected chi connectivity index (χ0v) is 14.9. The molecule has 2 aromatic rings. The van der Waals surface area contributed by atoms with E-state index in [9.17, 15) is 9.59 Å². The molecule has 2 rings (SSSR count). The summed E-state index contributed by atoms with van der Waals surface area (Å²) < 4.78 is 0. The van der Waals surface area contributed by atoms with Crippen molar-refractivity contribution in [3.8, 4) is 0 Å². The van der Waals surface area contributed by atoms with Gasteiger partial charge in [0.1, 0.15) is 0 Å². The summed E-state index contributed by atoms with van der Waals surface area (Å²) in [6.45, 7) is 0. The van der Waals surface area contributed by atoms with E-state index in [1.54, 1.807) is 24.3 Å². The second kappa shape index (κ2) is 7.93. The lowest BCUT2D eigenvalue weighted by Gasteiger charge is -2.10. The van der Waals surface area contributed by atoms with Crippen molar-refractivity contribution < 1.29 is 9.59 Å². The third-order valence-corrected chi connectivity index (χ3v) is 4.50. The van der Waals surface area contributed by atoms with Crippen molar-refractivity contribution in [1.29, 1.82) is 0 Å². The highest BCUT2D eigenvalue weighted by atomic mass is 35.5. The minimum absolute atomic E-state index is 0.156. The summed E-state index contributed by atoms with van der Waals surface area (Å²) >= 11 is 19.2. The minimum Gasteiger partial charge on any atom is -0.267 e. The number of nitrogens with one attached hydrogen (secondary N) is 2. The summed E-state index contributed by atoms with van der Waals surface area (Å²) in [6, 6.07) is 9.53. The third-order valence-electron chi connectivity index (χ3n) is 2.88. The first-order valence-corrected chi connectivity index (χ1v) is 8.67. The van der Waals surface area contributed by atoms with E-state index in [0.29, 0.717) is 5.02 Å². The topological polar surface area (TPSA) is 58.2 Å². The van der Waals surface area contributed by atoms with Gasteiger partial charge in [-0.2, -0.15) is 0 Å². The van der Waals surface area contributed by atoms with Crippen LogP contribution >= 0.6 is 46.6 Å².